The van der Waals surface area contributed by atoms with E-state index < -0.39 is 5.97 Å². The fourth-order valence-electron chi connectivity index (χ4n) is 3.02. The summed E-state index contributed by atoms with van der Waals surface area (Å²) in [5, 5.41) is 14.8. The molecule has 126 valence electrons. The number of hydrogen-bond acceptors (Lipinski definition) is 3. The Morgan fingerprint density at radius 2 is 1.78 bits per heavy atom. The largest absolute Gasteiger partial charge is 0.496 e. The first-order valence-corrected chi connectivity index (χ1v) is 7.86. The number of carbonyl (C=O) groups is 2. The fourth-order valence-corrected chi connectivity index (χ4v) is 3.02. The zero-order valence-electron chi connectivity index (χ0n) is 13.8. The summed E-state index contributed by atoms with van der Waals surface area (Å²) >= 11 is 0. The van der Waals surface area contributed by atoms with E-state index in [4.69, 9.17) is 9.84 Å². The molecule has 0 aromatic heterocycles. The quantitative estimate of drug-likeness (QED) is 0.795. The molecule has 1 saturated carbocycles. The number of ether oxygens (including phenoxy) is 1. The summed E-state index contributed by atoms with van der Waals surface area (Å²) in [6, 6.07) is 3.54. The van der Waals surface area contributed by atoms with Crippen molar-refractivity contribution in [3.8, 4) is 5.75 Å². The van der Waals surface area contributed by atoms with Crippen LogP contribution < -0.4 is 15.4 Å². The lowest BCUT2D eigenvalue weighted by Crippen LogP contribution is -2.41. The van der Waals surface area contributed by atoms with Gasteiger partial charge in [-0.15, -0.1) is 0 Å². The molecule has 1 aromatic rings. The van der Waals surface area contributed by atoms with Crippen LogP contribution in [0, 0.1) is 19.8 Å². The maximum Gasteiger partial charge on any atom is 0.319 e. The molecule has 0 heterocycles. The lowest BCUT2D eigenvalue weighted by Gasteiger charge is -2.27. The molecule has 6 heteroatoms. The number of carboxylic acid groups (broad SMARTS) is 1. The smallest absolute Gasteiger partial charge is 0.319 e. The number of urea groups is 1. The first kappa shape index (κ1) is 17.1. The van der Waals surface area contributed by atoms with E-state index >= 15 is 0 Å². The van der Waals surface area contributed by atoms with Crippen molar-refractivity contribution in [2.24, 2.45) is 5.92 Å². The summed E-state index contributed by atoms with van der Waals surface area (Å²) in [5.74, 6) is -0.289. The minimum atomic E-state index is -0.740. The summed E-state index contributed by atoms with van der Waals surface area (Å²) in [5.41, 5.74) is 2.69. The number of aryl methyl sites for hydroxylation is 2. The van der Waals surface area contributed by atoms with Gasteiger partial charge in [-0.2, -0.15) is 0 Å². The van der Waals surface area contributed by atoms with Crippen molar-refractivity contribution in [2.45, 2.75) is 45.6 Å². The number of methoxy groups -OCH3 is 1. The summed E-state index contributed by atoms with van der Waals surface area (Å²) in [6.45, 7) is 3.89. The number of hydrogen-bond donors (Lipinski definition) is 3. The molecule has 0 unspecified atom stereocenters. The molecule has 0 atom stereocenters. The summed E-state index contributed by atoms with van der Waals surface area (Å²) in [4.78, 5) is 23.1. The Morgan fingerprint density at radius 3 is 2.35 bits per heavy atom. The lowest BCUT2D eigenvalue weighted by molar-refractivity contribution is -0.142. The monoisotopic (exact) mass is 320 g/mol. The van der Waals surface area contributed by atoms with E-state index in [9.17, 15) is 9.59 Å². The van der Waals surface area contributed by atoms with Gasteiger partial charge in [0.25, 0.3) is 0 Å². The number of aliphatic carboxylic acids is 1. The molecule has 2 rings (SSSR count). The predicted octanol–water partition coefficient (Wildman–Crippen LogP) is 3.08. The Hall–Kier alpha value is -2.24. The molecule has 1 aliphatic rings. The molecule has 0 aliphatic heterocycles. The van der Waals surface area contributed by atoms with Gasteiger partial charge < -0.3 is 20.5 Å². The minimum absolute atomic E-state index is 0.0262. The molecule has 1 aromatic carbocycles. The first-order valence-electron chi connectivity index (χ1n) is 7.86. The average molecular weight is 320 g/mol. The van der Waals surface area contributed by atoms with E-state index in [0.717, 1.165) is 16.9 Å². The number of carbonyl (C=O) groups excluding carboxylic acids is 1. The van der Waals surface area contributed by atoms with Crippen molar-refractivity contribution in [3.05, 3.63) is 23.3 Å². The molecule has 0 spiro atoms. The highest BCUT2D eigenvalue weighted by atomic mass is 16.5. The van der Waals surface area contributed by atoms with Crippen molar-refractivity contribution < 1.29 is 19.4 Å². The van der Waals surface area contributed by atoms with E-state index in [2.05, 4.69) is 10.6 Å². The van der Waals surface area contributed by atoms with Gasteiger partial charge in [-0.1, -0.05) is 6.07 Å². The van der Waals surface area contributed by atoms with E-state index in [1.807, 2.05) is 26.0 Å². The highest BCUT2D eigenvalue weighted by Crippen LogP contribution is 2.27. The molecule has 23 heavy (non-hydrogen) atoms. The van der Waals surface area contributed by atoms with Crippen molar-refractivity contribution in [1.29, 1.82) is 0 Å². The molecule has 1 aliphatic carbocycles. The van der Waals surface area contributed by atoms with Crippen molar-refractivity contribution >= 4 is 17.7 Å². The summed E-state index contributed by atoms with van der Waals surface area (Å²) in [7, 11) is 1.60. The molecule has 2 amide bonds. The maximum absolute atomic E-state index is 12.2. The average Bonchev–Trinajstić information content (AvgIpc) is 2.50. The summed E-state index contributed by atoms with van der Waals surface area (Å²) < 4.78 is 5.28. The van der Waals surface area contributed by atoms with Crippen LogP contribution in [0.15, 0.2) is 12.1 Å². The van der Waals surface area contributed by atoms with E-state index in [-0.39, 0.29) is 18.0 Å². The lowest BCUT2D eigenvalue weighted by atomic mass is 9.86. The van der Waals surface area contributed by atoms with Crippen LogP contribution in [-0.4, -0.2) is 30.3 Å². The minimum Gasteiger partial charge on any atom is -0.496 e. The van der Waals surface area contributed by atoms with Crippen molar-refractivity contribution in [3.63, 3.8) is 0 Å². The zero-order chi connectivity index (χ0) is 17.0. The van der Waals surface area contributed by atoms with Crippen LogP contribution in [0.4, 0.5) is 10.5 Å². The first-order chi connectivity index (χ1) is 10.9. The third kappa shape index (κ3) is 4.37. The second-order valence-corrected chi connectivity index (χ2v) is 6.12. The highest BCUT2D eigenvalue weighted by Gasteiger charge is 2.26. The van der Waals surface area contributed by atoms with Gasteiger partial charge >= 0.3 is 12.0 Å². The third-order valence-corrected chi connectivity index (χ3v) is 4.40. The van der Waals surface area contributed by atoms with Crippen LogP contribution in [0.5, 0.6) is 5.75 Å². The SMILES string of the molecule is COc1cc(NC(=O)NC2CCC(C(=O)O)CC2)c(C)cc1C. The topological polar surface area (TPSA) is 87.7 Å². The second-order valence-electron chi connectivity index (χ2n) is 6.12. The van der Waals surface area contributed by atoms with Gasteiger partial charge in [0.1, 0.15) is 5.75 Å². The Balaban J connectivity index is 1.92. The second kappa shape index (κ2) is 7.35. The van der Waals surface area contributed by atoms with Crippen LogP contribution in [0.2, 0.25) is 0 Å². The molecule has 0 saturated heterocycles. The predicted molar refractivity (Wildman–Crippen MR) is 88.0 cm³/mol. The number of rotatable bonds is 4. The van der Waals surface area contributed by atoms with Gasteiger partial charge in [0.05, 0.1) is 13.0 Å². The van der Waals surface area contributed by atoms with Crippen molar-refractivity contribution in [1.82, 2.24) is 5.32 Å². The highest BCUT2D eigenvalue weighted by molar-refractivity contribution is 5.90. The van der Waals surface area contributed by atoms with Gasteiger partial charge in [-0.05, 0) is 50.7 Å². The van der Waals surface area contributed by atoms with Crippen molar-refractivity contribution in [2.75, 3.05) is 12.4 Å². The number of amides is 2. The molecule has 3 N–H and O–H groups in total. The third-order valence-electron chi connectivity index (χ3n) is 4.40. The molecular formula is C17H24N2O4. The zero-order valence-corrected chi connectivity index (χ0v) is 13.8. The van der Waals surface area contributed by atoms with Crippen LogP contribution >= 0.6 is 0 Å². The Morgan fingerprint density at radius 1 is 1.13 bits per heavy atom. The van der Waals surface area contributed by atoms with E-state index in [0.29, 0.717) is 31.4 Å². The fraction of sp³-hybridized carbons (Fsp3) is 0.529. The maximum atomic E-state index is 12.2. The van der Waals surface area contributed by atoms with Crippen LogP contribution in [0.1, 0.15) is 36.8 Å². The number of nitrogens with one attached hydrogen (secondary N) is 2. The van der Waals surface area contributed by atoms with Crippen LogP contribution in [0.25, 0.3) is 0 Å². The molecule has 1 fully saturated rings. The van der Waals surface area contributed by atoms with Gasteiger partial charge in [0.15, 0.2) is 0 Å². The molecule has 0 radical (unpaired) electrons. The number of anilines is 1. The van der Waals surface area contributed by atoms with Gasteiger partial charge in [-0.25, -0.2) is 4.79 Å². The Bertz CT molecular complexity index is 593. The van der Waals surface area contributed by atoms with Crippen LogP contribution in [-0.2, 0) is 4.79 Å². The Kier molecular flexibility index (Phi) is 5.47. The number of carboxylic acids is 1. The molecular weight excluding hydrogens is 296 g/mol. The van der Waals surface area contributed by atoms with E-state index in [1.165, 1.54) is 0 Å². The molecule has 6 nitrogen and oxygen atoms in total. The number of benzene rings is 1. The molecule has 0 bridgehead atoms. The summed E-state index contributed by atoms with van der Waals surface area (Å²) in [6.07, 6.45) is 2.61. The van der Waals surface area contributed by atoms with Gasteiger partial charge in [-0.3, -0.25) is 4.79 Å². The normalized spacial score (nSPS) is 20.7. The van der Waals surface area contributed by atoms with E-state index in [1.54, 1.807) is 7.11 Å². The Labute approximate surface area is 136 Å². The van der Waals surface area contributed by atoms with Gasteiger partial charge in [0.2, 0.25) is 0 Å². The standard InChI is InChI=1S/C17H24N2O4/c1-10-8-11(2)15(23-3)9-14(10)19-17(22)18-13-6-4-12(5-7-13)16(20)21/h8-9,12-13H,4-7H2,1-3H3,(H,20,21)(H2,18,19,22). The van der Waals surface area contributed by atoms with Gasteiger partial charge in [0, 0.05) is 17.8 Å². The van der Waals surface area contributed by atoms with Crippen LogP contribution in [0.3, 0.4) is 0 Å².